The highest BCUT2D eigenvalue weighted by atomic mass is 127. The summed E-state index contributed by atoms with van der Waals surface area (Å²) < 4.78 is 5.54. The van der Waals surface area contributed by atoms with E-state index in [0.29, 0.717) is 0 Å². The van der Waals surface area contributed by atoms with Gasteiger partial charge >= 0.3 is 6.09 Å². The predicted octanol–water partition coefficient (Wildman–Crippen LogP) is 2.14. The van der Waals surface area contributed by atoms with Crippen LogP contribution in [0.3, 0.4) is 0 Å². The number of hydrogen-bond donors (Lipinski definition) is 0. The number of fused-ring (bicyclic) bond motifs is 2. The number of carbonyl (C=O) groups excluding carboxylic acids is 2. The van der Waals surface area contributed by atoms with Crippen LogP contribution >= 0.6 is 22.6 Å². The lowest BCUT2D eigenvalue weighted by atomic mass is 9.79. The minimum absolute atomic E-state index is 0.205. The summed E-state index contributed by atoms with van der Waals surface area (Å²) in [6, 6.07) is -0.458. The van der Waals surface area contributed by atoms with E-state index in [2.05, 4.69) is 22.6 Å². The molecular weight excluding hydrogens is 321 g/mol. The fourth-order valence-corrected chi connectivity index (χ4v) is 3.31. The molecule has 1 aliphatic carbocycles. The van der Waals surface area contributed by atoms with Crippen molar-refractivity contribution in [2.45, 2.75) is 55.2 Å². The molecule has 1 amide bonds. The third-order valence-corrected chi connectivity index (χ3v) is 4.22. The molecule has 2 aliphatic heterocycles. The van der Waals surface area contributed by atoms with Gasteiger partial charge in [0.15, 0.2) is 5.78 Å². The number of nitrogens with zero attached hydrogens (tertiary/aromatic N) is 1. The summed E-state index contributed by atoms with van der Waals surface area (Å²) in [5.41, 5.74) is -0.495. The normalized spacial score (nSPS) is 33.4. The molecule has 3 fully saturated rings. The van der Waals surface area contributed by atoms with E-state index in [0.717, 1.165) is 12.8 Å². The Morgan fingerprint density at radius 2 is 2.06 bits per heavy atom. The number of piperidine rings is 1. The number of rotatable bonds is 0. The first-order valence-corrected chi connectivity index (χ1v) is 6.75. The second kappa shape index (κ2) is 3.85. The van der Waals surface area contributed by atoms with E-state index < -0.39 is 5.60 Å². The Balaban J connectivity index is 2.07. The second-order valence-corrected chi connectivity index (χ2v) is 6.94. The van der Waals surface area contributed by atoms with Gasteiger partial charge in [-0.1, -0.05) is 22.6 Å². The van der Waals surface area contributed by atoms with Gasteiger partial charge in [-0.2, -0.15) is 0 Å². The SMILES string of the molecule is CC(C)(C)OC(=O)N1[C@H]2CC[C@H](I)[C@@H]1C2=O. The minimum atomic E-state index is -0.495. The van der Waals surface area contributed by atoms with Crippen LogP contribution in [0, 0.1) is 0 Å². The van der Waals surface area contributed by atoms with Crippen LogP contribution in [0.25, 0.3) is 0 Å². The van der Waals surface area contributed by atoms with E-state index in [-0.39, 0.29) is 27.9 Å². The average molecular weight is 337 g/mol. The third kappa shape index (κ3) is 1.94. The fourth-order valence-electron chi connectivity index (χ4n) is 2.25. The van der Waals surface area contributed by atoms with Crippen molar-refractivity contribution in [3.8, 4) is 0 Å². The van der Waals surface area contributed by atoms with Gasteiger partial charge in [-0.25, -0.2) is 4.79 Å². The van der Waals surface area contributed by atoms with E-state index in [1.165, 1.54) is 0 Å². The second-order valence-electron chi connectivity index (χ2n) is 5.34. The molecule has 0 aromatic rings. The molecule has 4 nitrogen and oxygen atoms in total. The van der Waals surface area contributed by atoms with Crippen LogP contribution in [0.1, 0.15) is 33.6 Å². The summed E-state index contributed by atoms with van der Waals surface area (Å²) in [6.45, 7) is 5.51. The first kappa shape index (κ1) is 12.1. The maximum atomic E-state index is 11.9. The van der Waals surface area contributed by atoms with Gasteiger partial charge in [0.25, 0.3) is 0 Å². The molecule has 90 valence electrons. The van der Waals surface area contributed by atoms with Gasteiger partial charge < -0.3 is 4.74 Å². The summed E-state index contributed by atoms with van der Waals surface area (Å²) in [5, 5.41) is 0. The van der Waals surface area contributed by atoms with E-state index in [4.69, 9.17) is 4.74 Å². The topological polar surface area (TPSA) is 46.6 Å². The first-order valence-electron chi connectivity index (χ1n) is 5.50. The van der Waals surface area contributed by atoms with Crippen molar-refractivity contribution in [2.24, 2.45) is 0 Å². The largest absolute Gasteiger partial charge is 0.444 e. The average Bonchev–Trinajstić information content (AvgIpc) is 2.11. The summed E-state index contributed by atoms with van der Waals surface area (Å²) in [7, 11) is 0. The third-order valence-electron chi connectivity index (χ3n) is 2.92. The van der Waals surface area contributed by atoms with Crippen LogP contribution in [-0.2, 0) is 9.53 Å². The van der Waals surface area contributed by atoms with E-state index in [9.17, 15) is 9.59 Å². The lowest BCUT2D eigenvalue weighted by molar-refractivity contribution is -0.147. The summed E-state index contributed by atoms with van der Waals surface area (Å²) in [6.07, 6.45) is 1.45. The number of amides is 1. The summed E-state index contributed by atoms with van der Waals surface area (Å²) in [5.74, 6) is 0.205. The Morgan fingerprint density at radius 1 is 1.44 bits per heavy atom. The van der Waals surface area contributed by atoms with Crippen molar-refractivity contribution in [2.75, 3.05) is 0 Å². The Bertz CT molecular complexity index is 337. The number of halogens is 1. The van der Waals surface area contributed by atoms with Gasteiger partial charge in [-0.3, -0.25) is 9.69 Å². The molecule has 2 saturated heterocycles. The van der Waals surface area contributed by atoms with Gasteiger partial charge in [-0.05, 0) is 33.6 Å². The van der Waals surface area contributed by atoms with Gasteiger partial charge in [0, 0.05) is 3.92 Å². The highest BCUT2D eigenvalue weighted by molar-refractivity contribution is 14.1. The Kier molecular flexibility index (Phi) is 2.92. The molecule has 2 heterocycles. The molecule has 0 spiro atoms. The number of hydrogen-bond acceptors (Lipinski definition) is 3. The molecule has 5 heteroatoms. The zero-order valence-corrected chi connectivity index (χ0v) is 11.9. The van der Waals surface area contributed by atoms with Crippen molar-refractivity contribution < 1.29 is 14.3 Å². The van der Waals surface area contributed by atoms with Gasteiger partial charge in [0.05, 0.1) is 6.04 Å². The number of Topliss-reactive ketones (excluding diaryl/α,β-unsaturated/α-hetero) is 1. The van der Waals surface area contributed by atoms with Crippen LogP contribution in [0.5, 0.6) is 0 Å². The molecule has 0 aromatic carbocycles. The maximum absolute atomic E-state index is 11.9. The minimum Gasteiger partial charge on any atom is -0.444 e. The fraction of sp³-hybridized carbons (Fsp3) is 0.818. The van der Waals surface area contributed by atoms with Crippen molar-refractivity contribution in [3.05, 3.63) is 0 Å². The highest BCUT2D eigenvalue weighted by Gasteiger charge is 2.57. The highest BCUT2D eigenvalue weighted by Crippen LogP contribution is 2.39. The maximum Gasteiger partial charge on any atom is 0.411 e. The summed E-state index contributed by atoms with van der Waals surface area (Å²) >= 11 is 2.25. The van der Waals surface area contributed by atoms with Crippen LogP contribution in [0.15, 0.2) is 0 Å². The molecule has 0 aromatic heterocycles. The molecule has 0 radical (unpaired) electrons. The van der Waals surface area contributed by atoms with Crippen molar-refractivity contribution in [1.82, 2.24) is 4.90 Å². The first-order chi connectivity index (χ1) is 7.31. The number of ether oxygens (including phenoxy) is 1. The zero-order valence-electron chi connectivity index (χ0n) is 9.70. The van der Waals surface area contributed by atoms with Gasteiger partial charge in [-0.15, -0.1) is 0 Å². The molecule has 3 rings (SSSR count). The Labute approximate surface area is 109 Å². The molecule has 0 N–H and O–H groups in total. The molecular formula is C11H16INO3. The van der Waals surface area contributed by atoms with Crippen LogP contribution < -0.4 is 0 Å². The van der Waals surface area contributed by atoms with E-state index in [1.54, 1.807) is 4.90 Å². The van der Waals surface area contributed by atoms with Gasteiger partial charge in [0.2, 0.25) is 0 Å². The Morgan fingerprint density at radius 3 is 2.50 bits per heavy atom. The van der Waals surface area contributed by atoms with E-state index in [1.807, 2.05) is 20.8 Å². The lowest BCUT2D eigenvalue weighted by Crippen LogP contribution is -2.72. The van der Waals surface area contributed by atoms with Gasteiger partial charge in [0.1, 0.15) is 11.6 Å². The number of ketones is 1. The van der Waals surface area contributed by atoms with Crippen LogP contribution in [-0.4, -0.2) is 38.4 Å². The molecule has 3 atom stereocenters. The van der Waals surface area contributed by atoms with Crippen LogP contribution in [0.4, 0.5) is 4.79 Å². The number of carbonyl (C=O) groups is 2. The van der Waals surface area contributed by atoms with Crippen molar-refractivity contribution in [1.29, 1.82) is 0 Å². The molecule has 3 aliphatic rings. The zero-order chi connectivity index (χ0) is 12.1. The monoisotopic (exact) mass is 337 g/mol. The molecule has 2 bridgehead atoms. The smallest absolute Gasteiger partial charge is 0.411 e. The van der Waals surface area contributed by atoms with Crippen molar-refractivity contribution >= 4 is 34.5 Å². The predicted molar refractivity (Wildman–Crippen MR) is 67.7 cm³/mol. The Hall–Kier alpha value is -0.330. The molecule has 1 saturated carbocycles. The quantitative estimate of drug-likeness (QED) is 0.503. The molecule has 16 heavy (non-hydrogen) atoms. The van der Waals surface area contributed by atoms with Crippen molar-refractivity contribution in [3.63, 3.8) is 0 Å². The molecule has 0 unspecified atom stereocenters. The standard InChI is InChI=1S/C11H16INO3/c1-11(2,3)16-10(15)13-7-5-4-6(12)8(13)9(7)14/h6-8H,4-5H2,1-3H3/t6-,7-,8+/m0/s1. The lowest BCUT2D eigenvalue weighted by Gasteiger charge is -2.52. The number of alkyl halides is 1. The summed E-state index contributed by atoms with van der Waals surface area (Å²) in [4.78, 5) is 25.2. The van der Waals surface area contributed by atoms with E-state index >= 15 is 0 Å². The van der Waals surface area contributed by atoms with Crippen LogP contribution in [0.2, 0.25) is 0 Å².